The Kier molecular flexibility index (Phi) is 4.04. The molecule has 5 nitrogen and oxygen atoms in total. The highest BCUT2D eigenvalue weighted by molar-refractivity contribution is 7.26. The standard InChI is InChI=1S/C47H36N4OS/c1-46(2,3)27-21-23-48-41(24-27)50-37-25-28(15-17-30(37)32-18-20-40-42(44(32)50)34-10-6-7-14-39(34)53-40)52-29-16-19-35-38(26-29)51-43-31(33-12-9-22-49-45(33)51)11-8-13-36(43)47(35,4)5/h6-26H,1-5H3/i6D,7D,8D,10D,11D,13D,14D,15D,16D,17D,18D,19D,20D. The molecule has 11 rings (SSSR count). The zero-order valence-corrected chi connectivity index (χ0v) is 30.0. The lowest BCUT2D eigenvalue weighted by atomic mass is 9.74. The summed E-state index contributed by atoms with van der Waals surface area (Å²) in [6, 6.07) is 6.34. The number of thiophene rings is 1. The second kappa shape index (κ2) is 10.6. The molecule has 0 amide bonds. The highest BCUT2D eigenvalue weighted by Crippen LogP contribution is 2.49. The van der Waals surface area contributed by atoms with Gasteiger partial charge in [0.05, 0.1) is 40.1 Å². The molecular formula is C47H36N4OS. The van der Waals surface area contributed by atoms with Gasteiger partial charge in [-0.1, -0.05) is 83.0 Å². The second-order valence-corrected chi connectivity index (χ2v) is 15.9. The number of aromatic nitrogens is 4. The van der Waals surface area contributed by atoms with Crippen LogP contribution < -0.4 is 4.74 Å². The number of pyridine rings is 2. The van der Waals surface area contributed by atoms with Gasteiger partial charge in [-0.2, -0.15) is 0 Å². The summed E-state index contributed by atoms with van der Waals surface area (Å²) in [6.07, 6.45) is 3.22. The van der Waals surface area contributed by atoms with Crippen LogP contribution in [-0.4, -0.2) is 19.1 Å². The Labute approximate surface area is 329 Å². The van der Waals surface area contributed by atoms with E-state index in [1.54, 1.807) is 39.7 Å². The van der Waals surface area contributed by atoms with Crippen LogP contribution in [0.4, 0.5) is 0 Å². The first-order chi connectivity index (χ1) is 31.1. The van der Waals surface area contributed by atoms with E-state index in [1.807, 2.05) is 46.8 Å². The van der Waals surface area contributed by atoms with Gasteiger partial charge in [0.15, 0.2) is 0 Å². The highest BCUT2D eigenvalue weighted by Gasteiger charge is 2.35. The summed E-state index contributed by atoms with van der Waals surface area (Å²) >= 11 is 0.990. The van der Waals surface area contributed by atoms with Crippen LogP contribution in [-0.2, 0) is 10.8 Å². The van der Waals surface area contributed by atoms with E-state index in [9.17, 15) is 8.22 Å². The Morgan fingerprint density at radius 1 is 0.679 bits per heavy atom. The van der Waals surface area contributed by atoms with Crippen LogP contribution in [0.25, 0.3) is 75.4 Å². The zero-order valence-electron chi connectivity index (χ0n) is 42.2. The fourth-order valence-corrected chi connectivity index (χ4v) is 8.77. The third-order valence-electron chi connectivity index (χ3n) is 10.4. The van der Waals surface area contributed by atoms with Gasteiger partial charge in [-0.05, 0) is 76.6 Å². The van der Waals surface area contributed by atoms with Crippen molar-refractivity contribution in [2.45, 2.75) is 45.4 Å². The number of ether oxygens (including phenoxy) is 1. The molecule has 256 valence electrons. The average Bonchev–Trinajstić information content (AvgIpc) is 3.95. The summed E-state index contributed by atoms with van der Waals surface area (Å²) in [5, 5.41) is 1.65. The summed E-state index contributed by atoms with van der Waals surface area (Å²) in [4.78, 5) is 9.44. The molecule has 1 aliphatic rings. The van der Waals surface area contributed by atoms with Gasteiger partial charge >= 0.3 is 0 Å². The molecule has 0 bridgehead atoms. The normalized spacial score (nSPS) is 17.3. The molecular weight excluding hydrogens is 669 g/mol. The van der Waals surface area contributed by atoms with Gasteiger partial charge in [-0.15, -0.1) is 11.3 Å². The first-order valence-electron chi connectivity index (χ1n) is 23.7. The summed E-state index contributed by atoms with van der Waals surface area (Å²) < 4.78 is 129. The number of hydrogen-bond acceptors (Lipinski definition) is 4. The SMILES string of the molecule is [2H]c1c(Oc2cc3c(c([2H])c2[2H])c2c([2H])c([2H])c4sc5c([2H])c([2H])c([2H])c([2H])c5c4c2n3-c2cc(C(C)(C)C)ccn2)cc2c(c1[2H])C(C)(C)c1c([2H])c([2H])c([2H])c3c4cccnc4n-2c13. The van der Waals surface area contributed by atoms with E-state index in [0.29, 0.717) is 44.6 Å². The van der Waals surface area contributed by atoms with E-state index in [4.69, 9.17) is 19.3 Å². The minimum absolute atomic E-state index is 0.111. The van der Waals surface area contributed by atoms with Crippen molar-refractivity contribution in [3.63, 3.8) is 0 Å². The van der Waals surface area contributed by atoms with Gasteiger partial charge in [0, 0.05) is 71.7 Å². The third-order valence-corrected chi connectivity index (χ3v) is 11.4. The van der Waals surface area contributed by atoms with Crippen molar-refractivity contribution in [2.75, 3.05) is 0 Å². The van der Waals surface area contributed by atoms with Crippen molar-refractivity contribution < 1.29 is 22.6 Å². The van der Waals surface area contributed by atoms with Crippen molar-refractivity contribution in [3.05, 3.63) is 144 Å². The first kappa shape index (κ1) is 20.3. The lowest BCUT2D eigenvalue weighted by Gasteiger charge is -2.34. The third kappa shape index (κ3) is 4.24. The summed E-state index contributed by atoms with van der Waals surface area (Å²) in [5.41, 5.74) is 2.01. The van der Waals surface area contributed by atoms with E-state index >= 15 is 0 Å². The molecule has 6 heterocycles. The van der Waals surface area contributed by atoms with E-state index in [1.165, 1.54) is 6.07 Å². The van der Waals surface area contributed by atoms with Crippen LogP contribution >= 0.6 is 11.3 Å². The Hall–Kier alpha value is -5.98. The highest BCUT2D eigenvalue weighted by atomic mass is 32.1. The van der Waals surface area contributed by atoms with E-state index in [2.05, 4.69) is 4.98 Å². The average molecular weight is 718 g/mol. The molecule has 53 heavy (non-hydrogen) atoms. The minimum atomic E-state index is -1.10. The molecule has 0 N–H and O–H groups in total. The Morgan fingerprint density at radius 2 is 1.47 bits per heavy atom. The molecule has 5 aromatic carbocycles. The van der Waals surface area contributed by atoms with Gasteiger partial charge in [-0.3, -0.25) is 9.13 Å². The predicted octanol–water partition coefficient (Wildman–Crippen LogP) is 12.8. The molecule has 6 heteroatoms. The lowest BCUT2D eigenvalue weighted by Crippen LogP contribution is -2.26. The maximum Gasteiger partial charge on any atom is 0.145 e. The van der Waals surface area contributed by atoms with Gasteiger partial charge in [0.2, 0.25) is 0 Å². The number of rotatable bonds is 3. The number of para-hydroxylation sites is 1. The number of hydrogen-bond donors (Lipinski definition) is 0. The molecule has 0 aliphatic carbocycles. The molecule has 5 aromatic heterocycles. The van der Waals surface area contributed by atoms with Crippen LogP contribution in [0.5, 0.6) is 11.5 Å². The summed E-state index contributed by atoms with van der Waals surface area (Å²) in [5.74, 6) is 0.0137. The summed E-state index contributed by atoms with van der Waals surface area (Å²) in [6.45, 7) is 9.74. The number of fused-ring (bicyclic) bond motifs is 12. The lowest BCUT2D eigenvalue weighted by molar-refractivity contribution is 0.482. The molecule has 10 aromatic rings. The maximum absolute atomic E-state index is 9.61. The molecule has 0 unspecified atom stereocenters. The minimum Gasteiger partial charge on any atom is -0.457 e. The Bertz CT molecular complexity index is 3920. The zero-order chi connectivity index (χ0) is 47.1. The quantitative estimate of drug-likeness (QED) is 0.183. The summed E-state index contributed by atoms with van der Waals surface area (Å²) in [7, 11) is 0. The topological polar surface area (TPSA) is 44.9 Å². The van der Waals surface area contributed by atoms with Gasteiger partial charge in [0.25, 0.3) is 0 Å². The molecule has 0 fully saturated rings. The molecule has 0 radical (unpaired) electrons. The van der Waals surface area contributed by atoms with E-state index in [0.717, 1.165) is 16.9 Å². The van der Waals surface area contributed by atoms with Gasteiger partial charge < -0.3 is 4.74 Å². The van der Waals surface area contributed by atoms with Crippen molar-refractivity contribution >= 4 is 75.3 Å². The van der Waals surface area contributed by atoms with Crippen molar-refractivity contribution in [1.29, 1.82) is 0 Å². The van der Waals surface area contributed by atoms with Gasteiger partial charge in [0.1, 0.15) is 23.0 Å². The fraction of sp³-hybridized carbons (Fsp3) is 0.149. The Morgan fingerprint density at radius 3 is 2.36 bits per heavy atom. The second-order valence-electron chi connectivity index (χ2n) is 14.9. The van der Waals surface area contributed by atoms with E-state index < -0.39 is 23.5 Å². The smallest absolute Gasteiger partial charge is 0.145 e. The van der Waals surface area contributed by atoms with Crippen LogP contribution in [0.2, 0.25) is 0 Å². The first-order valence-corrected chi connectivity index (χ1v) is 18.0. The van der Waals surface area contributed by atoms with Crippen LogP contribution in [0, 0.1) is 0 Å². The molecule has 1 aliphatic heterocycles. The maximum atomic E-state index is 9.61. The van der Waals surface area contributed by atoms with Crippen LogP contribution in [0.15, 0.2) is 127 Å². The predicted molar refractivity (Wildman–Crippen MR) is 221 cm³/mol. The monoisotopic (exact) mass is 717 g/mol. The van der Waals surface area contributed by atoms with Crippen molar-refractivity contribution in [1.82, 2.24) is 19.1 Å². The van der Waals surface area contributed by atoms with Crippen LogP contribution in [0.1, 0.15) is 69.1 Å². The van der Waals surface area contributed by atoms with Crippen molar-refractivity contribution in [2.24, 2.45) is 0 Å². The van der Waals surface area contributed by atoms with Crippen LogP contribution in [0.3, 0.4) is 0 Å². The number of nitrogens with zero attached hydrogens (tertiary/aromatic N) is 4. The largest absolute Gasteiger partial charge is 0.457 e. The molecule has 0 atom stereocenters. The molecule has 0 saturated carbocycles. The van der Waals surface area contributed by atoms with Crippen molar-refractivity contribution in [3.8, 4) is 23.0 Å². The molecule has 0 saturated heterocycles. The van der Waals surface area contributed by atoms with Gasteiger partial charge in [-0.25, -0.2) is 9.97 Å². The Balaban J connectivity index is 1.24. The van der Waals surface area contributed by atoms with E-state index in [-0.39, 0.29) is 119 Å². The number of benzene rings is 5. The fourth-order valence-electron chi connectivity index (χ4n) is 7.80. The molecule has 0 spiro atoms.